The molecule has 13 heavy (non-hydrogen) atoms. The second-order valence-electron chi connectivity index (χ2n) is 3.06. The van der Waals surface area contributed by atoms with Gasteiger partial charge in [-0.25, -0.2) is 0 Å². The van der Waals surface area contributed by atoms with E-state index in [2.05, 4.69) is 45.2 Å². The second-order valence-corrected chi connectivity index (χ2v) is 3.69. The van der Waals surface area contributed by atoms with Crippen LogP contribution in [0, 0.1) is 0 Å². The van der Waals surface area contributed by atoms with Crippen molar-refractivity contribution in [3.05, 3.63) is 41.1 Å². The van der Waals surface area contributed by atoms with Crippen LogP contribution in [0.3, 0.4) is 0 Å². The van der Waals surface area contributed by atoms with E-state index in [0.29, 0.717) is 0 Å². The molecule has 0 radical (unpaired) electrons. The molecule has 0 unspecified atom stereocenters. The van der Waals surface area contributed by atoms with Crippen molar-refractivity contribution in [3.8, 4) is 0 Å². The minimum Gasteiger partial charge on any atom is -0.344 e. The number of aromatic nitrogens is 1. The quantitative estimate of drug-likeness (QED) is 0.621. The summed E-state index contributed by atoms with van der Waals surface area (Å²) in [6.07, 6.45) is 10.6. The number of allylic oxidation sites excluding steroid dienone is 2. The van der Waals surface area contributed by atoms with Gasteiger partial charge in [-0.3, -0.25) is 0 Å². The Morgan fingerprint density at radius 1 is 1.46 bits per heavy atom. The fourth-order valence-corrected chi connectivity index (χ4v) is 2.30. The van der Waals surface area contributed by atoms with E-state index in [1.54, 1.807) is 0 Å². The molecule has 0 saturated heterocycles. The topological polar surface area (TPSA) is 16.1 Å². The lowest BCUT2D eigenvalue weighted by molar-refractivity contribution is 0.587. The van der Waals surface area contributed by atoms with Gasteiger partial charge in [0.15, 0.2) is 0 Å². The Hall–Kier alpha value is -1.35. The fourth-order valence-electron chi connectivity index (χ4n) is 1.63. The molecule has 1 aromatic rings. The molecule has 3 heterocycles. The van der Waals surface area contributed by atoms with Crippen LogP contribution in [0.4, 0.5) is 0 Å². The molecule has 0 aliphatic carbocycles. The van der Waals surface area contributed by atoms with Crippen molar-refractivity contribution in [2.45, 2.75) is 0 Å². The second kappa shape index (κ2) is 2.57. The summed E-state index contributed by atoms with van der Waals surface area (Å²) in [6, 6.07) is 0. The summed E-state index contributed by atoms with van der Waals surface area (Å²) in [7, 11) is 0. The standard InChI is InChI=1S/C10H8N2S/c1-2-5-12-6-4-9-8(7-13-11-9)10(12)3-1/h1-4,6-7H,5H2. The SMILES string of the molecule is C1=CCN2C=Cc3nscc3C2=C1. The van der Waals surface area contributed by atoms with E-state index in [1.165, 1.54) is 22.8 Å². The van der Waals surface area contributed by atoms with Gasteiger partial charge in [0.05, 0.1) is 11.4 Å². The average Bonchev–Trinajstić information content (AvgIpc) is 2.65. The molecule has 0 atom stereocenters. The Morgan fingerprint density at radius 2 is 2.46 bits per heavy atom. The van der Waals surface area contributed by atoms with Crippen LogP contribution >= 0.6 is 11.5 Å². The highest BCUT2D eigenvalue weighted by Crippen LogP contribution is 2.31. The molecule has 0 aromatic carbocycles. The molecule has 2 aliphatic rings. The Bertz CT molecular complexity index is 426. The first-order valence-corrected chi connectivity index (χ1v) is 5.05. The average molecular weight is 188 g/mol. The normalized spacial score (nSPS) is 18.2. The maximum absolute atomic E-state index is 4.31. The largest absolute Gasteiger partial charge is 0.344 e. The van der Waals surface area contributed by atoms with Crippen molar-refractivity contribution < 1.29 is 0 Å². The van der Waals surface area contributed by atoms with E-state index in [-0.39, 0.29) is 0 Å². The first-order valence-electron chi connectivity index (χ1n) is 4.21. The monoisotopic (exact) mass is 188 g/mol. The van der Waals surface area contributed by atoms with E-state index < -0.39 is 0 Å². The lowest BCUT2D eigenvalue weighted by atomic mass is 10.1. The molecule has 0 N–H and O–H groups in total. The summed E-state index contributed by atoms with van der Waals surface area (Å²) in [4.78, 5) is 2.23. The summed E-state index contributed by atoms with van der Waals surface area (Å²) >= 11 is 1.52. The van der Waals surface area contributed by atoms with Crippen molar-refractivity contribution in [2.24, 2.45) is 0 Å². The minimum atomic E-state index is 0.970. The van der Waals surface area contributed by atoms with Crippen LogP contribution < -0.4 is 0 Å². The van der Waals surface area contributed by atoms with Gasteiger partial charge in [0.2, 0.25) is 0 Å². The van der Waals surface area contributed by atoms with Gasteiger partial charge >= 0.3 is 0 Å². The molecular weight excluding hydrogens is 180 g/mol. The summed E-state index contributed by atoms with van der Waals surface area (Å²) in [5, 5.41) is 2.11. The zero-order valence-electron chi connectivity index (χ0n) is 6.97. The molecule has 0 amide bonds. The van der Waals surface area contributed by atoms with Crippen LogP contribution in [0.2, 0.25) is 0 Å². The van der Waals surface area contributed by atoms with Gasteiger partial charge in [-0.1, -0.05) is 12.2 Å². The third-order valence-electron chi connectivity index (χ3n) is 2.29. The fraction of sp³-hybridized carbons (Fsp3) is 0.100. The third-order valence-corrected chi connectivity index (χ3v) is 2.93. The molecule has 3 rings (SSSR count). The predicted octanol–water partition coefficient (Wildman–Crippen LogP) is 2.34. The number of hydrogen-bond donors (Lipinski definition) is 0. The molecule has 1 aromatic heterocycles. The maximum atomic E-state index is 4.31. The number of nitrogens with zero attached hydrogens (tertiary/aromatic N) is 2. The number of rotatable bonds is 0. The highest BCUT2D eigenvalue weighted by Gasteiger charge is 2.18. The summed E-state index contributed by atoms with van der Waals surface area (Å²) in [5.41, 5.74) is 3.63. The summed E-state index contributed by atoms with van der Waals surface area (Å²) in [6.45, 7) is 0.970. The Balaban J connectivity index is 2.21. The van der Waals surface area contributed by atoms with Crippen LogP contribution in [0.25, 0.3) is 11.8 Å². The number of fused-ring (bicyclic) bond motifs is 3. The van der Waals surface area contributed by atoms with Gasteiger partial charge in [0.1, 0.15) is 0 Å². The predicted molar refractivity (Wildman–Crippen MR) is 55.0 cm³/mol. The van der Waals surface area contributed by atoms with Gasteiger partial charge < -0.3 is 4.90 Å². The Labute approximate surface area is 80.7 Å². The highest BCUT2D eigenvalue weighted by molar-refractivity contribution is 7.03. The van der Waals surface area contributed by atoms with Crippen LogP contribution in [-0.2, 0) is 0 Å². The molecule has 64 valence electrons. The van der Waals surface area contributed by atoms with E-state index >= 15 is 0 Å². The lowest BCUT2D eigenvalue weighted by Crippen LogP contribution is -2.20. The zero-order valence-corrected chi connectivity index (χ0v) is 7.79. The molecule has 2 aliphatic heterocycles. The molecule has 0 fully saturated rings. The van der Waals surface area contributed by atoms with Crippen molar-refractivity contribution in [1.29, 1.82) is 0 Å². The smallest absolute Gasteiger partial charge is 0.0876 e. The summed E-state index contributed by atoms with van der Waals surface area (Å²) < 4.78 is 4.31. The van der Waals surface area contributed by atoms with E-state index in [0.717, 1.165) is 12.2 Å². The highest BCUT2D eigenvalue weighted by atomic mass is 32.1. The first kappa shape index (κ1) is 7.09. The van der Waals surface area contributed by atoms with Gasteiger partial charge in [-0.2, -0.15) is 4.37 Å². The molecule has 0 spiro atoms. The molecule has 0 bridgehead atoms. The van der Waals surface area contributed by atoms with Crippen LogP contribution in [0.5, 0.6) is 0 Å². The van der Waals surface area contributed by atoms with Crippen LogP contribution in [-0.4, -0.2) is 15.8 Å². The summed E-state index contributed by atoms with van der Waals surface area (Å²) in [5.74, 6) is 0. The lowest BCUT2D eigenvalue weighted by Gasteiger charge is -2.26. The first-order chi connectivity index (χ1) is 6.45. The van der Waals surface area contributed by atoms with Gasteiger partial charge in [0.25, 0.3) is 0 Å². The van der Waals surface area contributed by atoms with Gasteiger partial charge in [-0.05, 0) is 23.7 Å². The molecule has 3 heteroatoms. The molecule has 2 nitrogen and oxygen atoms in total. The Morgan fingerprint density at radius 3 is 3.46 bits per heavy atom. The maximum Gasteiger partial charge on any atom is 0.0876 e. The van der Waals surface area contributed by atoms with Crippen molar-refractivity contribution in [2.75, 3.05) is 6.54 Å². The van der Waals surface area contributed by atoms with Gasteiger partial charge in [0, 0.05) is 23.7 Å². The Kier molecular flexibility index (Phi) is 1.40. The van der Waals surface area contributed by atoms with Crippen molar-refractivity contribution in [3.63, 3.8) is 0 Å². The molecular formula is C10H8N2S. The van der Waals surface area contributed by atoms with E-state index in [9.17, 15) is 0 Å². The van der Waals surface area contributed by atoms with Crippen LogP contribution in [0.1, 0.15) is 11.3 Å². The molecule has 0 saturated carbocycles. The van der Waals surface area contributed by atoms with Crippen molar-refractivity contribution >= 4 is 23.3 Å². The van der Waals surface area contributed by atoms with Gasteiger partial charge in [-0.15, -0.1) is 0 Å². The van der Waals surface area contributed by atoms with E-state index in [4.69, 9.17) is 0 Å². The van der Waals surface area contributed by atoms with Crippen LogP contribution in [0.15, 0.2) is 29.8 Å². The third kappa shape index (κ3) is 0.971. The van der Waals surface area contributed by atoms with Crippen molar-refractivity contribution in [1.82, 2.24) is 9.27 Å². The number of hydrogen-bond acceptors (Lipinski definition) is 3. The zero-order chi connectivity index (χ0) is 8.67. The minimum absolute atomic E-state index is 0.970. The van der Waals surface area contributed by atoms with E-state index in [1.807, 2.05) is 0 Å².